The van der Waals surface area contributed by atoms with Crippen molar-refractivity contribution in [2.75, 3.05) is 6.54 Å². The van der Waals surface area contributed by atoms with Crippen LogP contribution in [-0.4, -0.2) is 17.4 Å². The van der Waals surface area contributed by atoms with Crippen molar-refractivity contribution >= 4 is 16.7 Å². The third-order valence-electron chi connectivity index (χ3n) is 3.64. The van der Waals surface area contributed by atoms with Gasteiger partial charge in [-0.15, -0.1) is 0 Å². The van der Waals surface area contributed by atoms with E-state index in [1.54, 1.807) is 12.4 Å². The number of hydrogen-bond acceptors (Lipinski definition) is 3. The number of amides is 1. The van der Waals surface area contributed by atoms with Gasteiger partial charge in [0.15, 0.2) is 0 Å². The number of nitrogens with two attached hydrogens (primary N) is 1. The molecule has 0 radical (unpaired) electrons. The predicted molar refractivity (Wildman–Crippen MR) is 87.4 cm³/mol. The summed E-state index contributed by atoms with van der Waals surface area (Å²) in [4.78, 5) is 16.5. The molecule has 22 heavy (non-hydrogen) atoms. The molecule has 0 aliphatic rings. The highest BCUT2D eigenvalue weighted by atomic mass is 16.1. The number of rotatable bonds is 4. The van der Waals surface area contributed by atoms with Gasteiger partial charge in [-0.3, -0.25) is 9.78 Å². The van der Waals surface area contributed by atoms with Crippen LogP contribution in [0.5, 0.6) is 0 Å². The summed E-state index contributed by atoms with van der Waals surface area (Å²) in [7, 11) is 0. The molecule has 4 heteroatoms. The zero-order chi connectivity index (χ0) is 15.4. The van der Waals surface area contributed by atoms with Crippen molar-refractivity contribution in [2.45, 2.75) is 6.04 Å². The Morgan fingerprint density at radius 1 is 1.09 bits per heavy atom. The van der Waals surface area contributed by atoms with Crippen molar-refractivity contribution in [3.63, 3.8) is 0 Å². The number of aromatic nitrogens is 1. The van der Waals surface area contributed by atoms with Crippen molar-refractivity contribution in [3.8, 4) is 0 Å². The van der Waals surface area contributed by atoms with E-state index in [1.807, 2.05) is 54.6 Å². The fraction of sp³-hybridized carbons (Fsp3) is 0.111. The lowest BCUT2D eigenvalue weighted by molar-refractivity contribution is 0.0953. The van der Waals surface area contributed by atoms with Gasteiger partial charge in [0.1, 0.15) is 0 Å². The van der Waals surface area contributed by atoms with Crippen LogP contribution in [0.1, 0.15) is 22.0 Å². The minimum Gasteiger partial charge on any atom is -0.350 e. The zero-order valence-corrected chi connectivity index (χ0v) is 12.1. The van der Waals surface area contributed by atoms with E-state index in [0.717, 1.165) is 16.3 Å². The SMILES string of the molecule is NC(CNC(=O)c1cccc2cnccc12)c1ccccc1. The summed E-state index contributed by atoms with van der Waals surface area (Å²) in [5.41, 5.74) is 7.75. The normalized spacial score (nSPS) is 12.0. The van der Waals surface area contributed by atoms with Gasteiger partial charge in [-0.2, -0.15) is 0 Å². The van der Waals surface area contributed by atoms with Crippen LogP contribution in [0.15, 0.2) is 67.0 Å². The number of nitrogens with zero attached hydrogens (tertiary/aromatic N) is 1. The summed E-state index contributed by atoms with van der Waals surface area (Å²) in [6.45, 7) is 0.393. The number of fused-ring (bicyclic) bond motifs is 1. The summed E-state index contributed by atoms with van der Waals surface area (Å²) in [6.07, 6.45) is 3.44. The van der Waals surface area contributed by atoms with Gasteiger partial charge in [0.05, 0.1) is 0 Å². The van der Waals surface area contributed by atoms with Gasteiger partial charge in [-0.1, -0.05) is 42.5 Å². The third-order valence-corrected chi connectivity index (χ3v) is 3.64. The lowest BCUT2D eigenvalue weighted by Crippen LogP contribution is -2.32. The average Bonchev–Trinajstić information content (AvgIpc) is 2.59. The molecule has 0 bridgehead atoms. The molecule has 2 aromatic carbocycles. The highest BCUT2D eigenvalue weighted by Gasteiger charge is 2.12. The molecule has 3 N–H and O–H groups in total. The summed E-state index contributed by atoms with van der Waals surface area (Å²) < 4.78 is 0. The van der Waals surface area contributed by atoms with Gasteiger partial charge in [0.25, 0.3) is 5.91 Å². The lowest BCUT2D eigenvalue weighted by atomic mass is 10.1. The number of hydrogen-bond donors (Lipinski definition) is 2. The number of carbonyl (C=O) groups excluding carboxylic acids is 1. The summed E-state index contributed by atoms with van der Waals surface area (Å²) in [6, 6.07) is 17.0. The molecule has 4 nitrogen and oxygen atoms in total. The molecule has 1 amide bonds. The first-order valence-corrected chi connectivity index (χ1v) is 7.17. The van der Waals surface area contributed by atoms with E-state index in [4.69, 9.17) is 5.73 Å². The third kappa shape index (κ3) is 2.97. The minimum absolute atomic E-state index is 0.122. The zero-order valence-electron chi connectivity index (χ0n) is 12.1. The molecule has 3 rings (SSSR count). The molecule has 0 fully saturated rings. The second-order valence-corrected chi connectivity index (χ2v) is 5.13. The Hall–Kier alpha value is -2.72. The van der Waals surface area contributed by atoms with Crippen LogP contribution in [0, 0.1) is 0 Å². The fourth-order valence-electron chi connectivity index (χ4n) is 2.44. The molecule has 1 unspecified atom stereocenters. The average molecular weight is 291 g/mol. The second kappa shape index (κ2) is 6.37. The Bertz CT molecular complexity index is 781. The molecule has 1 heterocycles. The van der Waals surface area contributed by atoms with Gasteiger partial charge in [-0.05, 0) is 23.1 Å². The monoisotopic (exact) mass is 291 g/mol. The van der Waals surface area contributed by atoms with Gasteiger partial charge in [-0.25, -0.2) is 0 Å². The summed E-state index contributed by atoms with van der Waals surface area (Å²) in [5, 5.41) is 4.74. The Morgan fingerprint density at radius 3 is 2.73 bits per heavy atom. The number of benzene rings is 2. The maximum absolute atomic E-state index is 12.4. The number of nitrogens with one attached hydrogen (secondary N) is 1. The fourth-order valence-corrected chi connectivity index (χ4v) is 2.44. The molecular weight excluding hydrogens is 274 g/mol. The molecule has 110 valence electrons. The van der Waals surface area contributed by atoms with E-state index in [1.165, 1.54) is 0 Å². The molecule has 1 atom stereocenters. The van der Waals surface area contributed by atoms with Gasteiger partial charge >= 0.3 is 0 Å². The minimum atomic E-state index is -0.221. The van der Waals surface area contributed by atoms with Crippen LogP contribution in [0.2, 0.25) is 0 Å². The van der Waals surface area contributed by atoms with Crippen molar-refractivity contribution in [1.29, 1.82) is 0 Å². The topological polar surface area (TPSA) is 68.0 Å². The van der Waals surface area contributed by atoms with Crippen molar-refractivity contribution in [2.24, 2.45) is 5.73 Å². The highest BCUT2D eigenvalue weighted by Crippen LogP contribution is 2.17. The van der Waals surface area contributed by atoms with Crippen molar-refractivity contribution in [1.82, 2.24) is 10.3 Å². The first-order chi connectivity index (χ1) is 10.8. The Kier molecular flexibility index (Phi) is 4.12. The van der Waals surface area contributed by atoms with E-state index >= 15 is 0 Å². The van der Waals surface area contributed by atoms with Gasteiger partial charge < -0.3 is 11.1 Å². The predicted octanol–water partition coefficient (Wildman–Crippen LogP) is 2.66. The first kappa shape index (κ1) is 14.2. The van der Waals surface area contributed by atoms with Crippen LogP contribution < -0.4 is 11.1 Å². The lowest BCUT2D eigenvalue weighted by Gasteiger charge is -2.14. The van der Waals surface area contributed by atoms with Crippen LogP contribution >= 0.6 is 0 Å². The first-order valence-electron chi connectivity index (χ1n) is 7.17. The standard InChI is InChI=1S/C18H17N3O/c19-17(13-5-2-1-3-6-13)12-21-18(22)16-8-4-7-14-11-20-10-9-15(14)16/h1-11,17H,12,19H2,(H,21,22). The quantitative estimate of drug-likeness (QED) is 0.776. The van der Waals surface area contributed by atoms with E-state index in [2.05, 4.69) is 10.3 Å². The van der Waals surface area contributed by atoms with Gasteiger partial charge in [0, 0.05) is 35.9 Å². The highest BCUT2D eigenvalue weighted by molar-refractivity contribution is 6.06. The largest absolute Gasteiger partial charge is 0.350 e. The Labute approximate surface area is 129 Å². The van der Waals surface area contributed by atoms with E-state index < -0.39 is 0 Å². The molecule has 0 saturated carbocycles. The van der Waals surface area contributed by atoms with Crippen molar-refractivity contribution < 1.29 is 4.79 Å². The molecule has 0 aliphatic heterocycles. The smallest absolute Gasteiger partial charge is 0.251 e. The summed E-state index contributed by atoms with van der Waals surface area (Å²) in [5.74, 6) is -0.122. The van der Waals surface area contributed by atoms with Crippen LogP contribution in [-0.2, 0) is 0 Å². The van der Waals surface area contributed by atoms with Crippen LogP contribution in [0.3, 0.4) is 0 Å². The van der Waals surface area contributed by atoms with Crippen LogP contribution in [0.25, 0.3) is 10.8 Å². The maximum atomic E-state index is 12.4. The van der Waals surface area contributed by atoms with Gasteiger partial charge in [0.2, 0.25) is 0 Å². The van der Waals surface area contributed by atoms with Crippen LogP contribution in [0.4, 0.5) is 0 Å². The Balaban J connectivity index is 1.74. The summed E-state index contributed by atoms with van der Waals surface area (Å²) >= 11 is 0. The molecule has 0 saturated heterocycles. The number of carbonyl (C=O) groups is 1. The van der Waals surface area contributed by atoms with Crippen molar-refractivity contribution in [3.05, 3.63) is 78.1 Å². The van der Waals surface area contributed by atoms with E-state index in [-0.39, 0.29) is 11.9 Å². The molecule has 1 aromatic heterocycles. The molecule has 0 spiro atoms. The molecule has 3 aromatic rings. The molecular formula is C18H17N3O. The second-order valence-electron chi connectivity index (χ2n) is 5.13. The Morgan fingerprint density at radius 2 is 1.91 bits per heavy atom. The van der Waals surface area contributed by atoms with E-state index in [0.29, 0.717) is 12.1 Å². The van der Waals surface area contributed by atoms with E-state index in [9.17, 15) is 4.79 Å². The maximum Gasteiger partial charge on any atom is 0.251 e. The molecule has 0 aliphatic carbocycles. The number of pyridine rings is 1.